The Morgan fingerprint density at radius 3 is 2.28 bits per heavy atom. The van der Waals surface area contributed by atoms with Crippen molar-refractivity contribution in [2.75, 3.05) is 19.6 Å². The van der Waals surface area contributed by atoms with Crippen LogP contribution in [0.4, 0.5) is 0 Å². The van der Waals surface area contributed by atoms with Crippen molar-refractivity contribution in [1.82, 2.24) is 5.32 Å². The summed E-state index contributed by atoms with van der Waals surface area (Å²) in [6.45, 7) is 12.3. The maximum absolute atomic E-state index is 5.83. The van der Waals surface area contributed by atoms with Crippen LogP contribution in [0.25, 0.3) is 0 Å². The SMILES string of the molecule is CCCCC(CC)CNCCC(CN)CC(C)C. The second-order valence-electron chi connectivity index (χ2n) is 6.14. The molecule has 110 valence electrons. The second kappa shape index (κ2) is 12.0. The van der Waals surface area contributed by atoms with E-state index in [2.05, 4.69) is 33.0 Å². The molecule has 0 heterocycles. The summed E-state index contributed by atoms with van der Waals surface area (Å²) in [6.07, 6.45) is 7.88. The molecule has 0 aliphatic carbocycles. The van der Waals surface area contributed by atoms with Gasteiger partial charge < -0.3 is 11.1 Å². The van der Waals surface area contributed by atoms with E-state index in [-0.39, 0.29) is 0 Å². The molecule has 2 atom stereocenters. The van der Waals surface area contributed by atoms with Crippen LogP contribution in [0.1, 0.15) is 66.2 Å². The Morgan fingerprint density at radius 1 is 1.06 bits per heavy atom. The van der Waals surface area contributed by atoms with Crippen molar-refractivity contribution in [2.45, 2.75) is 66.2 Å². The fourth-order valence-corrected chi connectivity index (χ4v) is 2.55. The Bertz CT molecular complexity index is 168. The lowest BCUT2D eigenvalue weighted by molar-refractivity contribution is 0.367. The predicted molar refractivity (Wildman–Crippen MR) is 82.8 cm³/mol. The minimum Gasteiger partial charge on any atom is -0.330 e. The molecule has 2 nitrogen and oxygen atoms in total. The summed E-state index contributed by atoms with van der Waals surface area (Å²) >= 11 is 0. The molecule has 3 N–H and O–H groups in total. The fraction of sp³-hybridized carbons (Fsp3) is 1.00. The standard InChI is InChI=1S/C16H36N2/c1-5-7-8-15(6-2)13-18-10-9-16(12-17)11-14(3)4/h14-16,18H,5-13,17H2,1-4H3. The van der Waals surface area contributed by atoms with Crippen molar-refractivity contribution in [3.05, 3.63) is 0 Å². The van der Waals surface area contributed by atoms with Gasteiger partial charge in [-0.2, -0.15) is 0 Å². The summed E-state index contributed by atoms with van der Waals surface area (Å²) < 4.78 is 0. The van der Waals surface area contributed by atoms with Crippen LogP contribution in [0.15, 0.2) is 0 Å². The number of nitrogens with one attached hydrogen (secondary N) is 1. The normalized spacial score (nSPS) is 15.0. The lowest BCUT2D eigenvalue weighted by atomic mass is 9.94. The Balaban J connectivity index is 3.62. The van der Waals surface area contributed by atoms with Crippen molar-refractivity contribution in [3.8, 4) is 0 Å². The van der Waals surface area contributed by atoms with E-state index in [4.69, 9.17) is 5.73 Å². The number of nitrogens with two attached hydrogens (primary N) is 1. The lowest BCUT2D eigenvalue weighted by Gasteiger charge is -2.19. The van der Waals surface area contributed by atoms with E-state index >= 15 is 0 Å². The molecule has 0 aromatic rings. The predicted octanol–water partition coefficient (Wildman–Crippen LogP) is 3.80. The molecule has 18 heavy (non-hydrogen) atoms. The third-order valence-corrected chi connectivity index (χ3v) is 3.84. The first-order chi connectivity index (χ1) is 8.63. The Morgan fingerprint density at radius 2 is 1.78 bits per heavy atom. The van der Waals surface area contributed by atoms with E-state index in [1.165, 1.54) is 45.1 Å². The van der Waals surface area contributed by atoms with Crippen LogP contribution in [0.2, 0.25) is 0 Å². The smallest absolute Gasteiger partial charge is 0.00206 e. The van der Waals surface area contributed by atoms with Gasteiger partial charge in [-0.05, 0) is 56.7 Å². The van der Waals surface area contributed by atoms with Gasteiger partial charge in [0.25, 0.3) is 0 Å². The summed E-state index contributed by atoms with van der Waals surface area (Å²) in [4.78, 5) is 0. The summed E-state index contributed by atoms with van der Waals surface area (Å²) in [5, 5.41) is 3.63. The highest BCUT2D eigenvalue weighted by Crippen LogP contribution is 2.14. The number of unbranched alkanes of at least 4 members (excludes halogenated alkanes) is 1. The summed E-state index contributed by atoms with van der Waals surface area (Å²) in [7, 11) is 0. The highest BCUT2D eigenvalue weighted by atomic mass is 14.9. The maximum atomic E-state index is 5.83. The Labute approximate surface area is 115 Å². The van der Waals surface area contributed by atoms with Gasteiger partial charge >= 0.3 is 0 Å². The van der Waals surface area contributed by atoms with Crippen LogP contribution < -0.4 is 11.1 Å². The van der Waals surface area contributed by atoms with E-state index < -0.39 is 0 Å². The van der Waals surface area contributed by atoms with E-state index in [1.807, 2.05) is 0 Å². The van der Waals surface area contributed by atoms with Crippen LogP contribution in [0, 0.1) is 17.8 Å². The zero-order chi connectivity index (χ0) is 13.8. The highest BCUT2D eigenvalue weighted by Gasteiger charge is 2.09. The van der Waals surface area contributed by atoms with Crippen molar-refractivity contribution in [3.63, 3.8) is 0 Å². The first-order valence-corrected chi connectivity index (χ1v) is 8.04. The van der Waals surface area contributed by atoms with Gasteiger partial charge in [0, 0.05) is 0 Å². The lowest BCUT2D eigenvalue weighted by Crippen LogP contribution is -2.27. The molecule has 0 bridgehead atoms. The molecule has 0 aromatic heterocycles. The zero-order valence-electron chi connectivity index (χ0n) is 13.2. The van der Waals surface area contributed by atoms with E-state index in [9.17, 15) is 0 Å². The summed E-state index contributed by atoms with van der Waals surface area (Å²) in [6, 6.07) is 0. The third kappa shape index (κ3) is 9.90. The zero-order valence-corrected chi connectivity index (χ0v) is 13.2. The molecule has 2 unspecified atom stereocenters. The number of hydrogen-bond acceptors (Lipinski definition) is 2. The molecular weight excluding hydrogens is 220 g/mol. The summed E-state index contributed by atoms with van der Waals surface area (Å²) in [5.41, 5.74) is 5.83. The molecule has 0 aliphatic rings. The highest BCUT2D eigenvalue weighted by molar-refractivity contribution is 4.66. The fourth-order valence-electron chi connectivity index (χ4n) is 2.55. The first kappa shape index (κ1) is 17.9. The maximum Gasteiger partial charge on any atom is -0.00206 e. The number of hydrogen-bond donors (Lipinski definition) is 2. The monoisotopic (exact) mass is 256 g/mol. The molecule has 0 saturated carbocycles. The molecule has 2 heteroatoms. The van der Waals surface area contributed by atoms with Crippen LogP contribution in [-0.4, -0.2) is 19.6 Å². The topological polar surface area (TPSA) is 38.0 Å². The molecule has 0 radical (unpaired) electrons. The van der Waals surface area contributed by atoms with Crippen LogP contribution in [-0.2, 0) is 0 Å². The Hall–Kier alpha value is -0.0800. The van der Waals surface area contributed by atoms with E-state index in [0.29, 0.717) is 5.92 Å². The molecule has 0 aromatic carbocycles. The van der Waals surface area contributed by atoms with E-state index in [1.54, 1.807) is 0 Å². The summed E-state index contributed by atoms with van der Waals surface area (Å²) in [5.74, 6) is 2.34. The van der Waals surface area contributed by atoms with Gasteiger partial charge in [-0.25, -0.2) is 0 Å². The largest absolute Gasteiger partial charge is 0.330 e. The van der Waals surface area contributed by atoms with Gasteiger partial charge in [0.05, 0.1) is 0 Å². The number of rotatable bonds is 12. The average molecular weight is 256 g/mol. The van der Waals surface area contributed by atoms with Crippen LogP contribution in [0.3, 0.4) is 0 Å². The van der Waals surface area contributed by atoms with Gasteiger partial charge in [-0.3, -0.25) is 0 Å². The molecule has 0 amide bonds. The quantitative estimate of drug-likeness (QED) is 0.521. The van der Waals surface area contributed by atoms with Crippen LogP contribution >= 0.6 is 0 Å². The molecule has 0 aliphatic heterocycles. The van der Waals surface area contributed by atoms with Crippen molar-refractivity contribution >= 4 is 0 Å². The molecule has 0 saturated heterocycles. The van der Waals surface area contributed by atoms with E-state index in [0.717, 1.165) is 24.9 Å². The van der Waals surface area contributed by atoms with Crippen LogP contribution in [0.5, 0.6) is 0 Å². The van der Waals surface area contributed by atoms with Crippen molar-refractivity contribution in [1.29, 1.82) is 0 Å². The molecule has 0 spiro atoms. The minimum absolute atomic E-state index is 0.702. The third-order valence-electron chi connectivity index (χ3n) is 3.84. The van der Waals surface area contributed by atoms with Crippen molar-refractivity contribution < 1.29 is 0 Å². The minimum atomic E-state index is 0.702. The molecular formula is C16H36N2. The van der Waals surface area contributed by atoms with Gasteiger partial charge in [-0.1, -0.05) is 47.0 Å². The van der Waals surface area contributed by atoms with Gasteiger partial charge in [0.15, 0.2) is 0 Å². The first-order valence-electron chi connectivity index (χ1n) is 8.04. The second-order valence-corrected chi connectivity index (χ2v) is 6.14. The molecule has 0 fully saturated rings. The van der Waals surface area contributed by atoms with Crippen molar-refractivity contribution in [2.24, 2.45) is 23.5 Å². The van der Waals surface area contributed by atoms with Gasteiger partial charge in [0.2, 0.25) is 0 Å². The average Bonchev–Trinajstić information content (AvgIpc) is 2.36. The Kier molecular flexibility index (Phi) is 11.9. The molecule has 0 rings (SSSR count). The van der Waals surface area contributed by atoms with Gasteiger partial charge in [0.1, 0.15) is 0 Å². The van der Waals surface area contributed by atoms with Gasteiger partial charge in [-0.15, -0.1) is 0 Å².